The molecule has 0 bridgehead atoms. The molecule has 2 aliphatic carbocycles. The summed E-state index contributed by atoms with van der Waals surface area (Å²) in [7, 11) is 0. The number of amides is 1. The fourth-order valence-electron chi connectivity index (χ4n) is 2.73. The summed E-state index contributed by atoms with van der Waals surface area (Å²) in [6.07, 6.45) is 8.88. The first-order valence-corrected chi connectivity index (χ1v) is 7.14. The van der Waals surface area contributed by atoms with Gasteiger partial charge in [-0.2, -0.15) is 0 Å². The first-order valence-electron chi connectivity index (χ1n) is 6.73. The van der Waals surface area contributed by atoms with E-state index < -0.39 is 5.41 Å². The minimum absolute atomic E-state index is 0.0679. The minimum atomic E-state index is -0.533. The number of nitrogens with two attached hydrogens (primary N) is 1. The Hall–Kier alpha value is -0.640. The molecule has 0 saturated heterocycles. The molecule has 0 aromatic heterocycles. The van der Waals surface area contributed by atoms with Crippen LogP contribution in [-0.2, 0) is 4.79 Å². The van der Waals surface area contributed by atoms with Crippen molar-refractivity contribution < 1.29 is 4.79 Å². The summed E-state index contributed by atoms with van der Waals surface area (Å²) in [4.78, 5) is 12.6. The van der Waals surface area contributed by atoms with Gasteiger partial charge in [-0.15, -0.1) is 0 Å². The molecule has 1 amide bonds. The van der Waals surface area contributed by atoms with Gasteiger partial charge in [-0.3, -0.25) is 4.79 Å². The molecule has 2 aliphatic rings. The molecular formula is C13H22N2OS. The van der Waals surface area contributed by atoms with Crippen LogP contribution in [0.25, 0.3) is 0 Å². The molecule has 3 N–H and O–H groups in total. The van der Waals surface area contributed by atoms with Crippen molar-refractivity contribution >= 4 is 23.1 Å². The van der Waals surface area contributed by atoms with Crippen LogP contribution >= 0.6 is 12.2 Å². The SMILES string of the molecule is NC(=S)C1(C(=O)NCCCC2CC2)CCCC1. The normalized spacial score (nSPS) is 22.4. The van der Waals surface area contributed by atoms with Gasteiger partial charge in [-0.05, 0) is 31.6 Å². The topological polar surface area (TPSA) is 55.1 Å². The zero-order valence-corrected chi connectivity index (χ0v) is 11.2. The Morgan fingerprint density at radius 2 is 2.00 bits per heavy atom. The van der Waals surface area contributed by atoms with E-state index in [1.165, 1.54) is 19.3 Å². The van der Waals surface area contributed by atoms with Crippen molar-refractivity contribution in [2.75, 3.05) is 6.54 Å². The fraction of sp³-hybridized carbons (Fsp3) is 0.846. The number of hydrogen-bond acceptors (Lipinski definition) is 2. The van der Waals surface area contributed by atoms with E-state index in [9.17, 15) is 4.79 Å². The third-order valence-corrected chi connectivity index (χ3v) is 4.53. The molecule has 17 heavy (non-hydrogen) atoms. The summed E-state index contributed by atoms with van der Waals surface area (Å²) in [5, 5.41) is 3.02. The maximum absolute atomic E-state index is 12.2. The second-order valence-electron chi connectivity index (χ2n) is 5.49. The maximum atomic E-state index is 12.2. The summed E-state index contributed by atoms with van der Waals surface area (Å²) >= 11 is 5.09. The summed E-state index contributed by atoms with van der Waals surface area (Å²) in [5.41, 5.74) is 5.23. The molecule has 0 atom stereocenters. The van der Waals surface area contributed by atoms with Crippen LogP contribution in [-0.4, -0.2) is 17.4 Å². The van der Waals surface area contributed by atoms with Gasteiger partial charge in [-0.1, -0.05) is 37.9 Å². The van der Waals surface area contributed by atoms with Gasteiger partial charge in [0.05, 0.1) is 10.4 Å². The van der Waals surface area contributed by atoms with E-state index in [1.807, 2.05) is 0 Å². The second-order valence-corrected chi connectivity index (χ2v) is 5.93. The third-order valence-electron chi connectivity index (χ3n) is 4.14. The van der Waals surface area contributed by atoms with Gasteiger partial charge < -0.3 is 11.1 Å². The van der Waals surface area contributed by atoms with Gasteiger partial charge >= 0.3 is 0 Å². The third kappa shape index (κ3) is 2.97. The van der Waals surface area contributed by atoms with Crippen LogP contribution in [0.2, 0.25) is 0 Å². The quantitative estimate of drug-likeness (QED) is 0.564. The summed E-state index contributed by atoms with van der Waals surface area (Å²) in [6.45, 7) is 0.777. The molecule has 0 heterocycles. The van der Waals surface area contributed by atoms with Crippen LogP contribution in [0.5, 0.6) is 0 Å². The Balaban J connectivity index is 1.77. The van der Waals surface area contributed by atoms with Crippen molar-refractivity contribution in [2.45, 2.75) is 51.4 Å². The number of rotatable bonds is 6. The van der Waals surface area contributed by atoms with E-state index >= 15 is 0 Å². The lowest BCUT2D eigenvalue weighted by Crippen LogP contribution is -2.47. The lowest BCUT2D eigenvalue weighted by Gasteiger charge is -2.26. The second kappa shape index (κ2) is 5.34. The Bertz CT molecular complexity index is 307. The first kappa shape index (κ1) is 12.8. The Kier molecular flexibility index (Phi) is 4.02. The average Bonchev–Trinajstić information content (AvgIpc) is 2.97. The molecule has 96 valence electrons. The zero-order chi connectivity index (χ0) is 12.3. The predicted molar refractivity (Wildman–Crippen MR) is 72.7 cm³/mol. The highest BCUT2D eigenvalue weighted by Gasteiger charge is 2.43. The lowest BCUT2D eigenvalue weighted by atomic mass is 9.85. The molecule has 0 radical (unpaired) electrons. The van der Waals surface area contributed by atoms with E-state index in [0.717, 1.165) is 44.6 Å². The number of nitrogens with one attached hydrogen (secondary N) is 1. The highest BCUT2D eigenvalue weighted by Crippen LogP contribution is 2.38. The average molecular weight is 254 g/mol. The number of hydrogen-bond donors (Lipinski definition) is 2. The van der Waals surface area contributed by atoms with Gasteiger partial charge in [0.15, 0.2) is 0 Å². The summed E-state index contributed by atoms with van der Waals surface area (Å²) < 4.78 is 0. The van der Waals surface area contributed by atoms with Crippen molar-refractivity contribution in [1.82, 2.24) is 5.32 Å². The van der Waals surface area contributed by atoms with Gasteiger partial charge in [-0.25, -0.2) is 0 Å². The van der Waals surface area contributed by atoms with Gasteiger partial charge in [0.1, 0.15) is 0 Å². The molecular weight excluding hydrogens is 232 g/mol. The number of carbonyl (C=O) groups excluding carboxylic acids is 1. The molecule has 0 aliphatic heterocycles. The Morgan fingerprint density at radius 3 is 2.53 bits per heavy atom. The number of thiocarbonyl (C=S) groups is 1. The van der Waals surface area contributed by atoms with Crippen molar-refractivity contribution in [3.05, 3.63) is 0 Å². The zero-order valence-electron chi connectivity index (χ0n) is 10.3. The lowest BCUT2D eigenvalue weighted by molar-refractivity contribution is -0.127. The van der Waals surface area contributed by atoms with Crippen LogP contribution in [0.1, 0.15) is 51.4 Å². The summed E-state index contributed by atoms with van der Waals surface area (Å²) in [6, 6.07) is 0. The fourth-order valence-corrected chi connectivity index (χ4v) is 3.03. The van der Waals surface area contributed by atoms with E-state index in [4.69, 9.17) is 18.0 Å². The van der Waals surface area contributed by atoms with E-state index in [-0.39, 0.29) is 5.91 Å². The van der Waals surface area contributed by atoms with Crippen molar-refractivity contribution in [2.24, 2.45) is 17.1 Å². The predicted octanol–water partition coefficient (Wildman–Crippen LogP) is 2.14. The molecule has 2 saturated carbocycles. The van der Waals surface area contributed by atoms with E-state index in [1.54, 1.807) is 0 Å². The monoisotopic (exact) mass is 254 g/mol. The van der Waals surface area contributed by atoms with Gasteiger partial charge in [0, 0.05) is 6.54 Å². The van der Waals surface area contributed by atoms with E-state index in [0.29, 0.717) is 4.99 Å². The first-order chi connectivity index (χ1) is 8.15. The Morgan fingerprint density at radius 1 is 1.35 bits per heavy atom. The van der Waals surface area contributed by atoms with Crippen molar-refractivity contribution in [3.8, 4) is 0 Å². The molecule has 0 aromatic rings. The van der Waals surface area contributed by atoms with Crippen LogP contribution in [0, 0.1) is 11.3 Å². The molecule has 0 spiro atoms. The van der Waals surface area contributed by atoms with E-state index in [2.05, 4.69) is 5.32 Å². The van der Waals surface area contributed by atoms with Crippen molar-refractivity contribution in [3.63, 3.8) is 0 Å². The van der Waals surface area contributed by atoms with Crippen molar-refractivity contribution in [1.29, 1.82) is 0 Å². The Labute approximate surface area is 109 Å². The molecule has 4 heteroatoms. The number of carbonyl (C=O) groups is 1. The molecule has 2 rings (SSSR count). The van der Waals surface area contributed by atoms with Crippen LogP contribution in [0.15, 0.2) is 0 Å². The standard InChI is InChI=1S/C13H22N2OS/c14-11(17)13(7-1-2-8-13)12(16)15-9-3-4-10-5-6-10/h10H,1-9H2,(H2,14,17)(H,15,16). The summed E-state index contributed by atoms with van der Waals surface area (Å²) in [5.74, 6) is 1.00. The molecule has 2 fully saturated rings. The smallest absolute Gasteiger partial charge is 0.233 e. The molecule has 3 nitrogen and oxygen atoms in total. The molecule has 0 aromatic carbocycles. The van der Waals surface area contributed by atoms with Crippen LogP contribution < -0.4 is 11.1 Å². The van der Waals surface area contributed by atoms with Gasteiger partial charge in [0.25, 0.3) is 0 Å². The minimum Gasteiger partial charge on any atom is -0.392 e. The van der Waals surface area contributed by atoms with Gasteiger partial charge in [0.2, 0.25) is 5.91 Å². The largest absolute Gasteiger partial charge is 0.392 e. The van der Waals surface area contributed by atoms with Crippen LogP contribution in [0.4, 0.5) is 0 Å². The van der Waals surface area contributed by atoms with Crippen LogP contribution in [0.3, 0.4) is 0 Å². The highest BCUT2D eigenvalue weighted by molar-refractivity contribution is 7.80. The molecule has 0 unspecified atom stereocenters. The highest BCUT2D eigenvalue weighted by atomic mass is 32.1. The maximum Gasteiger partial charge on any atom is 0.233 e.